The van der Waals surface area contributed by atoms with E-state index in [0.29, 0.717) is 27.8 Å². The van der Waals surface area contributed by atoms with Gasteiger partial charge in [-0.25, -0.2) is 4.79 Å². The van der Waals surface area contributed by atoms with Gasteiger partial charge in [-0.3, -0.25) is 0 Å². The second-order valence-corrected chi connectivity index (χ2v) is 5.06. The number of carbonyl (C=O) groups is 1. The van der Waals surface area contributed by atoms with E-state index in [1.54, 1.807) is 25.1 Å². The van der Waals surface area contributed by atoms with Crippen LogP contribution in [0.25, 0.3) is 6.08 Å². The normalized spacial score (nSPS) is 18.5. The van der Waals surface area contributed by atoms with Crippen molar-refractivity contribution in [2.24, 2.45) is 0 Å². The third-order valence-corrected chi connectivity index (χ3v) is 4.07. The van der Waals surface area contributed by atoms with Crippen molar-refractivity contribution in [3.63, 3.8) is 0 Å². The van der Waals surface area contributed by atoms with Crippen molar-refractivity contribution in [3.8, 4) is 0 Å². The number of halogens is 3. The number of hydrogen-bond donors (Lipinski definition) is 1. The zero-order valence-corrected chi connectivity index (χ0v) is 10.5. The Morgan fingerprint density at radius 3 is 2.68 bits per heavy atom. The van der Waals surface area contributed by atoms with Crippen LogP contribution in [0.15, 0.2) is 28.9 Å². The molecule has 1 N–H and O–H groups in total. The maximum absolute atomic E-state index is 12.9. The van der Waals surface area contributed by atoms with Crippen LogP contribution in [0.4, 0.5) is 18.0 Å². The minimum absolute atomic E-state index is 0.488. The molecule has 1 aliphatic heterocycles. The number of rotatable bonds is 1. The van der Waals surface area contributed by atoms with Gasteiger partial charge in [0.1, 0.15) is 5.76 Å². The second kappa shape index (κ2) is 4.80. The van der Waals surface area contributed by atoms with Crippen LogP contribution >= 0.6 is 11.8 Å². The van der Waals surface area contributed by atoms with Gasteiger partial charge in [-0.15, -0.1) is 11.8 Å². The first-order valence-corrected chi connectivity index (χ1v) is 6.12. The van der Waals surface area contributed by atoms with E-state index in [4.69, 9.17) is 5.11 Å². The Morgan fingerprint density at radius 1 is 1.42 bits per heavy atom. The molecule has 1 heterocycles. The molecule has 0 bridgehead atoms. The summed E-state index contributed by atoms with van der Waals surface area (Å²) in [5.74, 6) is -0.608. The summed E-state index contributed by atoms with van der Waals surface area (Å²) in [5.41, 5.74) is 1.24. The lowest BCUT2D eigenvalue weighted by Crippen LogP contribution is -2.31. The highest BCUT2D eigenvalue weighted by atomic mass is 32.2. The van der Waals surface area contributed by atoms with Crippen molar-refractivity contribution < 1.29 is 27.8 Å². The first kappa shape index (κ1) is 13.8. The fourth-order valence-electron chi connectivity index (χ4n) is 1.77. The summed E-state index contributed by atoms with van der Waals surface area (Å²) >= 11 is 0.559. The van der Waals surface area contributed by atoms with E-state index in [1.807, 2.05) is 0 Å². The molecule has 102 valence electrons. The van der Waals surface area contributed by atoms with Crippen LogP contribution in [-0.4, -0.2) is 22.7 Å². The summed E-state index contributed by atoms with van der Waals surface area (Å²) in [6.45, 7) is 1.70. The van der Waals surface area contributed by atoms with E-state index in [1.165, 1.54) is 0 Å². The van der Waals surface area contributed by atoms with Gasteiger partial charge in [-0.05, 0) is 24.1 Å². The highest BCUT2D eigenvalue weighted by Gasteiger charge is 2.46. The van der Waals surface area contributed by atoms with Crippen molar-refractivity contribution in [1.82, 2.24) is 0 Å². The molecule has 2 rings (SSSR count). The number of thioether (sulfide) groups is 1. The molecule has 7 heteroatoms. The van der Waals surface area contributed by atoms with E-state index in [0.717, 1.165) is 6.08 Å². The quantitative estimate of drug-likeness (QED) is 0.792. The maximum Gasteiger partial charge on any atom is 0.511 e. The molecule has 1 aromatic rings. The van der Waals surface area contributed by atoms with Crippen LogP contribution in [0.2, 0.25) is 0 Å². The fraction of sp³-hybridized carbons (Fsp3) is 0.250. The van der Waals surface area contributed by atoms with Crippen LogP contribution in [-0.2, 0) is 4.74 Å². The number of benzene rings is 1. The summed E-state index contributed by atoms with van der Waals surface area (Å²) in [6.07, 6.45) is -5.20. The lowest BCUT2D eigenvalue weighted by atomic mass is 10.1. The van der Waals surface area contributed by atoms with Gasteiger partial charge in [0.05, 0.1) is 0 Å². The maximum atomic E-state index is 12.9. The van der Waals surface area contributed by atoms with Gasteiger partial charge in [0.2, 0.25) is 0 Å². The van der Waals surface area contributed by atoms with Crippen molar-refractivity contribution >= 4 is 24.0 Å². The topological polar surface area (TPSA) is 46.5 Å². The highest BCUT2D eigenvalue weighted by Crippen LogP contribution is 2.46. The predicted molar refractivity (Wildman–Crippen MR) is 64.0 cm³/mol. The molecule has 0 amide bonds. The summed E-state index contributed by atoms with van der Waals surface area (Å²) < 4.78 is 43.1. The molecule has 0 radical (unpaired) electrons. The minimum Gasteiger partial charge on any atom is -0.449 e. The molecule has 0 aliphatic carbocycles. The molecule has 1 aromatic carbocycles. The second-order valence-electron chi connectivity index (χ2n) is 3.95. The largest absolute Gasteiger partial charge is 0.511 e. The lowest BCUT2D eigenvalue weighted by Gasteiger charge is -2.26. The molecule has 0 saturated carbocycles. The molecular formula is C12H9F3O3S. The third kappa shape index (κ3) is 2.86. The Bertz CT molecular complexity index is 552. The van der Waals surface area contributed by atoms with Gasteiger partial charge in [0.25, 0.3) is 0 Å². The van der Waals surface area contributed by atoms with Gasteiger partial charge < -0.3 is 9.84 Å². The molecule has 0 fully saturated rings. The zero-order chi connectivity index (χ0) is 14.2. The Balaban J connectivity index is 2.49. The Labute approximate surface area is 111 Å². The van der Waals surface area contributed by atoms with Crippen LogP contribution in [0.1, 0.15) is 11.1 Å². The first-order chi connectivity index (χ1) is 8.79. The van der Waals surface area contributed by atoms with Gasteiger partial charge in [0.15, 0.2) is 5.25 Å². The number of fused-ring (bicyclic) bond motifs is 1. The molecular weight excluding hydrogens is 281 g/mol. The molecule has 1 aliphatic rings. The van der Waals surface area contributed by atoms with Crippen LogP contribution < -0.4 is 0 Å². The average Bonchev–Trinajstić information content (AvgIpc) is 2.26. The van der Waals surface area contributed by atoms with E-state index in [-0.39, 0.29) is 0 Å². The van der Waals surface area contributed by atoms with Gasteiger partial charge >= 0.3 is 12.3 Å². The van der Waals surface area contributed by atoms with Gasteiger partial charge in [0, 0.05) is 4.90 Å². The summed E-state index contributed by atoms with van der Waals surface area (Å²) in [4.78, 5) is 11.0. The molecule has 19 heavy (non-hydrogen) atoms. The number of carboxylic acid groups (broad SMARTS) is 1. The molecule has 0 saturated heterocycles. The van der Waals surface area contributed by atoms with Crippen LogP contribution in [0.3, 0.4) is 0 Å². The van der Waals surface area contributed by atoms with Crippen molar-refractivity contribution in [2.75, 3.05) is 0 Å². The van der Waals surface area contributed by atoms with E-state index >= 15 is 0 Å². The number of aryl methyl sites for hydroxylation is 1. The standard InChI is InChI=1S/C12H9F3O3S/c1-6-3-2-4-7-5-8(18-11(16)17)10(12(13,14)15)19-9(6)7/h2-5,10H,1H3,(H,16,17). The third-order valence-electron chi connectivity index (χ3n) is 2.54. The Kier molecular flexibility index (Phi) is 3.49. The van der Waals surface area contributed by atoms with E-state index < -0.39 is 23.3 Å². The van der Waals surface area contributed by atoms with Gasteiger partial charge in [-0.2, -0.15) is 13.2 Å². The highest BCUT2D eigenvalue weighted by molar-refractivity contribution is 8.00. The predicted octanol–water partition coefficient (Wildman–Crippen LogP) is 4.07. The molecule has 3 nitrogen and oxygen atoms in total. The summed E-state index contributed by atoms with van der Waals surface area (Å²) in [7, 11) is 0. The SMILES string of the molecule is Cc1cccc2c1SC(C(F)(F)F)C(OC(=O)O)=C2. The molecule has 0 spiro atoms. The van der Waals surface area contributed by atoms with Crippen LogP contribution in [0, 0.1) is 6.92 Å². The minimum atomic E-state index is -4.58. The number of alkyl halides is 3. The molecule has 1 unspecified atom stereocenters. The lowest BCUT2D eigenvalue weighted by molar-refractivity contribution is -0.127. The van der Waals surface area contributed by atoms with Crippen molar-refractivity contribution in [3.05, 3.63) is 35.1 Å². The average molecular weight is 290 g/mol. The number of ether oxygens (including phenoxy) is 1. The Hall–Kier alpha value is -1.63. The zero-order valence-electron chi connectivity index (χ0n) is 9.69. The van der Waals surface area contributed by atoms with Crippen molar-refractivity contribution in [1.29, 1.82) is 0 Å². The van der Waals surface area contributed by atoms with Gasteiger partial charge in [-0.1, -0.05) is 18.2 Å². The molecule has 0 aromatic heterocycles. The first-order valence-electron chi connectivity index (χ1n) is 5.24. The van der Waals surface area contributed by atoms with E-state index in [9.17, 15) is 18.0 Å². The Morgan fingerprint density at radius 2 is 2.11 bits per heavy atom. The monoisotopic (exact) mass is 290 g/mol. The fourth-order valence-corrected chi connectivity index (χ4v) is 2.89. The number of hydrogen-bond acceptors (Lipinski definition) is 3. The van der Waals surface area contributed by atoms with E-state index in [2.05, 4.69) is 4.74 Å². The van der Waals surface area contributed by atoms with Crippen molar-refractivity contribution in [2.45, 2.75) is 23.2 Å². The summed E-state index contributed by atoms with van der Waals surface area (Å²) in [6, 6.07) is 5.01. The molecule has 1 atom stereocenters. The smallest absolute Gasteiger partial charge is 0.449 e. The summed E-state index contributed by atoms with van der Waals surface area (Å²) in [5, 5.41) is 6.51. The van der Waals surface area contributed by atoms with Crippen LogP contribution in [0.5, 0.6) is 0 Å².